The molecule has 1 aliphatic heterocycles. The molecule has 1 saturated carbocycles. The van der Waals surface area contributed by atoms with Crippen LogP contribution in [-0.2, 0) is 27.5 Å². The number of ether oxygens (including phenoxy) is 1. The van der Waals surface area contributed by atoms with E-state index in [9.17, 15) is 14.4 Å². The van der Waals surface area contributed by atoms with Crippen molar-refractivity contribution in [3.05, 3.63) is 101 Å². The van der Waals surface area contributed by atoms with E-state index in [0.29, 0.717) is 29.4 Å². The van der Waals surface area contributed by atoms with Crippen molar-refractivity contribution < 1.29 is 19.1 Å². The van der Waals surface area contributed by atoms with Crippen LogP contribution in [0.1, 0.15) is 34.3 Å². The predicted molar refractivity (Wildman–Crippen MR) is 141 cm³/mol. The van der Waals surface area contributed by atoms with Crippen LogP contribution < -0.4 is 10.2 Å². The highest BCUT2D eigenvalue weighted by molar-refractivity contribution is 6.30. The average Bonchev–Trinajstić information content (AvgIpc) is 3.77. The summed E-state index contributed by atoms with van der Waals surface area (Å²) in [4.78, 5) is 42.5. The van der Waals surface area contributed by atoms with Crippen LogP contribution in [0.3, 0.4) is 0 Å². The number of nitrogens with zero attached hydrogens (tertiary/aromatic N) is 2. The van der Waals surface area contributed by atoms with Gasteiger partial charge >= 0.3 is 5.97 Å². The Morgan fingerprint density at radius 1 is 0.946 bits per heavy atom. The summed E-state index contributed by atoms with van der Waals surface area (Å²) >= 11 is 6.03. The van der Waals surface area contributed by atoms with Crippen molar-refractivity contribution in [2.24, 2.45) is 0 Å². The molecule has 0 bridgehead atoms. The monoisotopic (exact) mass is 517 g/mol. The van der Waals surface area contributed by atoms with Crippen LogP contribution in [0.4, 0.5) is 5.69 Å². The summed E-state index contributed by atoms with van der Waals surface area (Å²) in [7, 11) is 0. The van der Waals surface area contributed by atoms with Crippen molar-refractivity contribution in [2.75, 3.05) is 18.0 Å². The SMILES string of the molecule is O=C(OCc1ccc(N2C(=O)CNC[C@@H]2C(=O)N(Cc2ccc(Cl)cc2)C2CC2)cc1)c1ccccc1. The van der Waals surface area contributed by atoms with E-state index in [2.05, 4.69) is 5.32 Å². The number of nitrogens with one attached hydrogen (secondary N) is 1. The second-order valence-electron chi connectivity index (χ2n) is 9.34. The molecule has 3 aromatic rings. The lowest BCUT2D eigenvalue weighted by molar-refractivity contribution is -0.136. The Bertz CT molecular complexity index is 1260. The molecule has 1 aliphatic carbocycles. The van der Waals surface area contributed by atoms with E-state index in [4.69, 9.17) is 16.3 Å². The number of carbonyl (C=O) groups excluding carboxylic acids is 3. The van der Waals surface area contributed by atoms with Gasteiger partial charge in [0.25, 0.3) is 0 Å². The Balaban J connectivity index is 1.29. The number of hydrogen-bond acceptors (Lipinski definition) is 5. The number of carbonyl (C=O) groups is 3. The molecule has 1 N–H and O–H groups in total. The molecule has 8 heteroatoms. The molecule has 3 aromatic carbocycles. The van der Waals surface area contributed by atoms with Gasteiger partial charge in [0, 0.05) is 29.8 Å². The summed E-state index contributed by atoms with van der Waals surface area (Å²) in [6.45, 7) is 1.14. The van der Waals surface area contributed by atoms with Gasteiger partial charge in [0.05, 0.1) is 12.1 Å². The van der Waals surface area contributed by atoms with E-state index in [0.717, 1.165) is 24.0 Å². The molecule has 0 radical (unpaired) electrons. The molecular formula is C29H28ClN3O4. The van der Waals surface area contributed by atoms with Crippen LogP contribution in [-0.4, -0.2) is 47.9 Å². The minimum Gasteiger partial charge on any atom is -0.457 e. The van der Waals surface area contributed by atoms with E-state index in [-0.39, 0.29) is 31.0 Å². The summed E-state index contributed by atoms with van der Waals surface area (Å²) in [6.07, 6.45) is 1.92. The first-order valence-electron chi connectivity index (χ1n) is 12.4. The molecule has 0 aromatic heterocycles. The fourth-order valence-electron chi connectivity index (χ4n) is 4.50. The second-order valence-corrected chi connectivity index (χ2v) is 9.78. The molecule has 190 valence electrons. The molecule has 1 heterocycles. The number of halogens is 1. The Morgan fingerprint density at radius 3 is 2.30 bits per heavy atom. The van der Waals surface area contributed by atoms with Crippen molar-refractivity contribution in [1.82, 2.24) is 10.2 Å². The lowest BCUT2D eigenvalue weighted by Crippen LogP contribution is -2.61. The van der Waals surface area contributed by atoms with Crippen molar-refractivity contribution in [3.63, 3.8) is 0 Å². The first-order chi connectivity index (χ1) is 18.0. The number of anilines is 1. The van der Waals surface area contributed by atoms with Gasteiger partial charge in [-0.1, -0.05) is 54.1 Å². The van der Waals surface area contributed by atoms with Crippen molar-refractivity contribution in [3.8, 4) is 0 Å². The van der Waals surface area contributed by atoms with Gasteiger partial charge in [0.15, 0.2) is 0 Å². The minimum atomic E-state index is -0.643. The van der Waals surface area contributed by atoms with E-state index in [1.54, 1.807) is 41.3 Å². The van der Waals surface area contributed by atoms with E-state index < -0.39 is 12.0 Å². The van der Waals surface area contributed by atoms with Gasteiger partial charge in [-0.15, -0.1) is 0 Å². The first-order valence-corrected chi connectivity index (χ1v) is 12.8. The summed E-state index contributed by atoms with van der Waals surface area (Å²) in [6, 6.07) is 23.1. The summed E-state index contributed by atoms with van der Waals surface area (Å²) in [5.74, 6) is -0.623. The Labute approximate surface area is 221 Å². The van der Waals surface area contributed by atoms with Crippen LogP contribution in [0.25, 0.3) is 0 Å². The third-order valence-electron chi connectivity index (χ3n) is 6.61. The van der Waals surface area contributed by atoms with Crippen molar-refractivity contribution in [2.45, 2.75) is 38.1 Å². The average molecular weight is 518 g/mol. The quantitative estimate of drug-likeness (QED) is 0.453. The maximum Gasteiger partial charge on any atom is 0.338 e. The van der Waals surface area contributed by atoms with Crippen LogP contribution in [0, 0.1) is 0 Å². The van der Waals surface area contributed by atoms with E-state index in [1.807, 2.05) is 47.4 Å². The summed E-state index contributed by atoms with van der Waals surface area (Å²) in [5, 5.41) is 3.75. The van der Waals surface area contributed by atoms with E-state index >= 15 is 0 Å². The van der Waals surface area contributed by atoms with Gasteiger partial charge < -0.3 is 15.0 Å². The molecule has 1 atom stereocenters. The molecule has 0 unspecified atom stereocenters. The number of benzene rings is 3. The fourth-order valence-corrected chi connectivity index (χ4v) is 4.62. The summed E-state index contributed by atoms with van der Waals surface area (Å²) < 4.78 is 5.41. The van der Waals surface area contributed by atoms with E-state index in [1.165, 1.54) is 0 Å². The molecular weight excluding hydrogens is 490 g/mol. The molecule has 2 aliphatic rings. The van der Waals surface area contributed by atoms with Crippen LogP contribution >= 0.6 is 11.6 Å². The minimum absolute atomic E-state index is 0.0705. The third-order valence-corrected chi connectivity index (χ3v) is 6.86. The van der Waals surface area contributed by atoms with Gasteiger partial charge in [0.2, 0.25) is 11.8 Å². The largest absolute Gasteiger partial charge is 0.457 e. The zero-order valence-corrected chi connectivity index (χ0v) is 21.1. The van der Waals surface area contributed by atoms with Crippen LogP contribution in [0.15, 0.2) is 78.9 Å². The van der Waals surface area contributed by atoms with Crippen LogP contribution in [0.5, 0.6) is 0 Å². The Kier molecular flexibility index (Phi) is 7.53. The highest BCUT2D eigenvalue weighted by atomic mass is 35.5. The second kappa shape index (κ2) is 11.2. The first kappa shape index (κ1) is 25.0. The molecule has 2 fully saturated rings. The maximum absolute atomic E-state index is 13.8. The zero-order chi connectivity index (χ0) is 25.8. The fraction of sp³-hybridized carbons (Fsp3) is 0.276. The summed E-state index contributed by atoms with van der Waals surface area (Å²) in [5.41, 5.74) is 2.93. The van der Waals surface area contributed by atoms with Crippen molar-refractivity contribution in [1.29, 1.82) is 0 Å². The molecule has 0 spiro atoms. The smallest absolute Gasteiger partial charge is 0.338 e. The van der Waals surface area contributed by atoms with Crippen molar-refractivity contribution >= 4 is 35.1 Å². The number of piperazine rings is 1. The third kappa shape index (κ3) is 6.01. The number of rotatable bonds is 8. The highest BCUT2D eigenvalue weighted by Crippen LogP contribution is 2.31. The molecule has 1 saturated heterocycles. The number of esters is 1. The lowest BCUT2D eigenvalue weighted by Gasteiger charge is -2.38. The standard InChI is InChI=1S/C29H28ClN3O4/c30-23-10-6-20(7-11-23)18-32(24-14-15-24)28(35)26-16-31-17-27(34)33(26)25-12-8-21(9-13-25)19-37-29(36)22-4-2-1-3-5-22/h1-13,24,26,31H,14-19H2/t26-/m1/s1. The normalized spacial score (nSPS) is 17.4. The zero-order valence-electron chi connectivity index (χ0n) is 20.3. The van der Waals surface area contributed by atoms with Gasteiger partial charge in [-0.3, -0.25) is 14.5 Å². The van der Waals surface area contributed by atoms with Gasteiger partial charge in [0.1, 0.15) is 12.6 Å². The molecule has 7 nitrogen and oxygen atoms in total. The molecule has 37 heavy (non-hydrogen) atoms. The number of amides is 2. The number of hydrogen-bond donors (Lipinski definition) is 1. The Hall–Kier alpha value is -3.68. The van der Waals surface area contributed by atoms with Crippen LogP contribution in [0.2, 0.25) is 5.02 Å². The highest BCUT2D eigenvalue weighted by Gasteiger charge is 2.41. The lowest BCUT2D eigenvalue weighted by atomic mass is 10.1. The molecule has 5 rings (SSSR count). The van der Waals surface area contributed by atoms with Gasteiger partial charge in [-0.2, -0.15) is 0 Å². The Morgan fingerprint density at radius 2 is 1.62 bits per heavy atom. The predicted octanol–water partition coefficient (Wildman–Crippen LogP) is 4.19. The maximum atomic E-state index is 13.8. The molecule has 2 amide bonds. The van der Waals surface area contributed by atoms with Gasteiger partial charge in [-0.25, -0.2) is 4.79 Å². The van der Waals surface area contributed by atoms with Gasteiger partial charge in [-0.05, 0) is 60.4 Å². The topological polar surface area (TPSA) is 79.0 Å².